The van der Waals surface area contributed by atoms with Crippen LogP contribution >= 0.6 is 11.6 Å². The summed E-state index contributed by atoms with van der Waals surface area (Å²) in [6.07, 6.45) is 3.37. The third-order valence-corrected chi connectivity index (χ3v) is 4.45. The van der Waals surface area contributed by atoms with Gasteiger partial charge in [-0.2, -0.15) is 0 Å². The molecule has 0 aromatic heterocycles. The molecule has 0 amide bonds. The lowest BCUT2D eigenvalue weighted by molar-refractivity contribution is 0.259. The summed E-state index contributed by atoms with van der Waals surface area (Å²) >= 11 is 5.79. The third-order valence-electron chi connectivity index (χ3n) is 3.29. The first kappa shape index (κ1) is 15.6. The molecule has 5 nitrogen and oxygen atoms in total. The van der Waals surface area contributed by atoms with Crippen molar-refractivity contribution in [3.63, 3.8) is 0 Å². The van der Waals surface area contributed by atoms with Gasteiger partial charge >= 0.3 is 0 Å². The number of hydrogen-bond donors (Lipinski definition) is 1. The van der Waals surface area contributed by atoms with Crippen molar-refractivity contribution in [2.24, 2.45) is 5.14 Å². The van der Waals surface area contributed by atoms with E-state index >= 15 is 0 Å². The Morgan fingerprint density at radius 3 is 2.65 bits per heavy atom. The van der Waals surface area contributed by atoms with Gasteiger partial charge in [0, 0.05) is 11.6 Å². The van der Waals surface area contributed by atoms with Crippen molar-refractivity contribution in [2.45, 2.75) is 24.2 Å². The van der Waals surface area contributed by atoms with Gasteiger partial charge in [0.1, 0.15) is 10.6 Å². The summed E-state index contributed by atoms with van der Waals surface area (Å²) in [5.74, 6) is 0.262. The number of benzene rings is 1. The molecule has 1 aromatic rings. The second kappa shape index (κ2) is 6.76. The van der Waals surface area contributed by atoms with Gasteiger partial charge in [0.15, 0.2) is 0 Å². The van der Waals surface area contributed by atoms with Crippen LogP contribution in [0.5, 0.6) is 5.75 Å². The number of hydrogen-bond acceptors (Lipinski definition) is 4. The van der Waals surface area contributed by atoms with Crippen LogP contribution < -0.4 is 9.88 Å². The van der Waals surface area contributed by atoms with Crippen LogP contribution in [0.2, 0.25) is 5.02 Å². The number of nitrogens with two attached hydrogens (primary N) is 1. The molecule has 1 aromatic carbocycles. The van der Waals surface area contributed by atoms with Crippen LogP contribution in [-0.2, 0) is 10.0 Å². The van der Waals surface area contributed by atoms with Crippen LogP contribution in [0, 0.1) is 0 Å². The largest absolute Gasteiger partial charge is 0.492 e. The van der Waals surface area contributed by atoms with E-state index in [-0.39, 0.29) is 10.6 Å². The highest BCUT2D eigenvalue weighted by molar-refractivity contribution is 7.89. The van der Waals surface area contributed by atoms with E-state index in [1.54, 1.807) is 6.07 Å². The van der Waals surface area contributed by atoms with Gasteiger partial charge in [-0.1, -0.05) is 11.6 Å². The van der Waals surface area contributed by atoms with E-state index in [1.165, 1.54) is 25.0 Å². The average Bonchev–Trinajstić information content (AvgIpc) is 2.88. The number of likely N-dealkylation sites (tertiary alicyclic amines) is 1. The second-order valence-corrected chi connectivity index (χ2v) is 6.85. The highest BCUT2D eigenvalue weighted by Crippen LogP contribution is 2.26. The predicted octanol–water partition coefficient (Wildman–Crippen LogP) is 1.85. The molecule has 0 radical (unpaired) electrons. The highest BCUT2D eigenvalue weighted by atomic mass is 35.5. The number of primary sulfonamides is 1. The number of ether oxygens (including phenoxy) is 1. The van der Waals surface area contributed by atoms with Crippen LogP contribution in [0.4, 0.5) is 0 Å². The summed E-state index contributed by atoms with van der Waals surface area (Å²) in [7, 11) is -3.83. The maximum absolute atomic E-state index is 11.5. The molecule has 1 aliphatic rings. The highest BCUT2D eigenvalue weighted by Gasteiger charge is 2.16. The van der Waals surface area contributed by atoms with Crippen LogP contribution in [0.1, 0.15) is 19.3 Å². The van der Waals surface area contributed by atoms with Crippen molar-refractivity contribution in [1.29, 1.82) is 0 Å². The van der Waals surface area contributed by atoms with Gasteiger partial charge in [-0.05, 0) is 50.6 Å². The number of halogens is 1. The zero-order valence-electron chi connectivity index (χ0n) is 11.2. The molecule has 1 saturated heterocycles. The van der Waals surface area contributed by atoms with Crippen LogP contribution in [0.3, 0.4) is 0 Å². The van der Waals surface area contributed by atoms with Crippen LogP contribution in [-0.4, -0.2) is 39.6 Å². The molecule has 0 unspecified atom stereocenters. The van der Waals surface area contributed by atoms with Gasteiger partial charge in [0.05, 0.1) is 6.61 Å². The molecular weight excluding hydrogens is 300 g/mol. The van der Waals surface area contributed by atoms with E-state index in [9.17, 15) is 8.42 Å². The predicted molar refractivity (Wildman–Crippen MR) is 78.6 cm³/mol. The van der Waals surface area contributed by atoms with Crippen LogP contribution in [0.25, 0.3) is 0 Å². The SMILES string of the molecule is NS(=O)(=O)c1cc(Cl)ccc1OCCCN1CCCC1. The molecule has 20 heavy (non-hydrogen) atoms. The normalized spacial score (nSPS) is 16.5. The lowest BCUT2D eigenvalue weighted by Gasteiger charge is -2.15. The molecule has 1 aliphatic heterocycles. The lowest BCUT2D eigenvalue weighted by Crippen LogP contribution is -2.22. The van der Waals surface area contributed by atoms with Crippen molar-refractivity contribution in [3.8, 4) is 5.75 Å². The van der Waals surface area contributed by atoms with E-state index in [2.05, 4.69) is 4.90 Å². The molecule has 1 heterocycles. The van der Waals surface area contributed by atoms with Gasteiger partial charge < -0.3 is 9.64 Å². The Balaban J connectivity index is 1.92. The summed E-state index contributed by atoms with van der Waals surface area (Å²) in [4.78, 5) is 2.32. The lowest BCUT2D eigenvalue weighted by atomic mass is 10.3. The molecule has 0 atom stereocenters. The minimum absolute atomic E-state index is 0.0637. The van der Waals surface area contributed by atoms with Gasteiger partial charge in [-0.3, -0.25) is 0 Å². The van der Waals surface area contributed by atoms with Crippen molar-refractivity contribution >= 4 is 21.6 Å². The summed E-state index contributed by atoms with van der Waals surface area (Å²) in [5, 5.41) is 5.47. The first-order valence-electron chi connectivity index (χ1n) is 6.64. The fraction of sp³-hybridized carbons (Fsp3) is 0.538. The molecule has 0 bridgehead atoms. The summed E-state index contributed by atoms with van der Waals surface area (Å²) < 4.78 is 28.5. The Bertz CT molecular complexity index is 557. The minimum atomic E-state index is -3.83. The number of nitrogens with zero attached hydrogens (tertiary/aromatic N) is 1. The Labute approximate surface area is 124 Å². The maximum atomic E-state index is 11.5. The molecule has 112 valence electrons. The van der Waals surface area contributed by atoms with E-state index in [1.807, 2.05) is 0 Å². The van der Waals surface area contributed by atoms with E-state index < -0.39 is 10.0 Å². The van der Waals surface area contributed by atoms with Crippen molar-refractivity contribution < 1.29 is 13.2 Å². The topological polar surface area (TPSA) is 72.6 Å². The van der Waals surface area contributed by atoms with Gasteiger partial charge in [-0.25, -0.2) is 13.6 Å². The molecule has 2 rings (SSSR count). The number of sulfonamides is 1. The fourth-order valence-corrected chi connectivity index (χ4v) is 3.24. The summed E-state index contributed by atoms with van der Waals surface area (Å²) in [6, 6.07) is 4.44. The quantitative estimate of drug-likeness (QED) is 0.812. The third kappa shape index (κ3) is 4.34. The number of rotatable bonds is 6. The summed E-state index contributed by atoms with van der Waals surface area (Å²) in [6.45, 7) is 3.71. The molecule has 0 aliphatic carbocycles. The second-order valence-electron chi connectivity index (χ2n) is 4.89. The van der Waals surface area contributed by atoms with E-state index in [0.29, 0.717) is 11.6 Å². The minimum Gasteiger partial charge on any atom is -0.492 e. The zero-order valence-corrected chi connectivity index (χ0v) is 12.8. The summed E-state index contributed by atoms with van der Waals surface area (Å²) in [5.41, 5.74) is 0. The first-order chi connectivity index (χ1) is 9.47. The first-order valence-corrected chi connectivity index (χ1v) is 8.57. The smallest absolute Gasteiger partial charge is 0.241 e. The van der Waals surface area contributed by atoms with Gasteiger partial charge in [-0.15, -0.1) is 0 Å². The Morgan fingerprint density at radius 1 is 1.30 bits per heavy atom. The van der Waals surface area contributed by atoms with E-state index in [0.717, 1.165) is 26.1 Å². The molecule has 0 spiro atoms. The molecule has 7 heteroatoms. The van der Waals surface area contributed by atoms with E-state index in [4.69, 9.17) is 21.5 Å². The van der Waals surface area contributed by atoms with Gasteiger partial charge in [0.25, 0.3) is 0 Å². The Kier molecular flexibility index (Phi) is 5.26. The maximum Gasteiger partial charge on any atom is 0.241 e. The standard InChI is InChI=1S/C13H19ClN2O3S/c14-11-4-5-12(13(10-11)20(15,17)18)19-9-3-8-16-6-1-2-7-16/h4-5,10H,1-3,6-9H2,(H2,15,17,18). The average molecular weight is 319 g/mol. The fourth-order valence-electron chi connectivity index (χ4n) is 2.30. The van der Waals surface area contributed by atoms with Gasteiger partial charge in [0.2, 0.25) is 10.0 Å². The zero-order chi connectivity index (χ0) is 14.6. The molecular formula is C13H19ClN2O3S. The molecule has 2 N–H and O–H groups in total. The van der Waals surface area contributed by atoms with Crippen molar-refractivity contribution in [3.05, 3.63) is 23.2 Å². The monoisotopic (exact) mass is 318 g/mol. The molecule has 1 fully saturated rings. The van der Waals surface area contributed by atoms with Crippen LogP contribution in [0.15, 0.2) is 23.1 Å². The van der Waals surface area contributed by atoms with Crippen molar-refractivity contribution in [1.82, 2.24) is 4.90 Å². The molecule has 0 saturated carbocycles. The Morgan fingerprint density at radius 2 is 2.00 bits per heavy atom. The van der Waals surface area contributed by atoms with Crippen molar-refractivity contribution in [2.75, 3.05) is 26.2 Å². The Hall–Kier alpha value is -0.820.